The minimum Gasteiger partial charge on any atom is -0.484 e. The van der Waals surface area contributed by atoms with Crippen LogP contribution in [0.15, 0.2) is 47.4 Å². The third-order valence-corrected chi connectivity index (χ3v) is 5.51. The molecule has 0 aromatic heterocycles. The second-order valence-electron chi connectivity index (χ2n) is 6.07. The minimum absolute atomic E-state index is 0.112. The second-order valence-corrected chi connectivity index (χ2v) is 8.49. The first-order chi connectivity index (χ1) is 12.2. The van der Waals surface area contributed by atoms with Gasteiger partial charge in [0, 0.05) is 11.3 Å². The molecule has 0 fully saturated rings. The molecule has 0 aliphatic heterocycles. The SMILES string of the molecule is CC[C@H](NC(=O)COc1ccc(Cl)c(C)c1)c1ccc(S(C)(=O)=O)cc1. The van der Waals surface area contributed by atoms with Crippen molar-refractivity contribution in [2.24, 2.45) is 0 Å². The molecule has 0 bridgehead atoms. The molecule has 1 atom stereocenters. The number of benzene rings is 2. The number of ether oxygens (including phenoxy) is 1. The molecule has 2 rings (SSSR count). The highest BCUT2D eigenvalue weighted by Crippen LogP contribution is 2.22. The van der Waals surface area contributed by atoms with Gasteiger partial charge in [0.1, 0.15) is 5.75 Å². The molecular weight excluding hydrogens is 374 g/mol. The Morgan fingerprint density at radius 1 is 1.19 bits per heavy atom. The number of amides is 1. The fourth-order valence-corrected chi connectivity index (χ4v) is 3.21. The predicted molar refractivity (Wildman–Crippen MR) is 102 cm³/mol. The largest absolute Gasteiger partial charge is 0.484 e. The number of aryl methyl sites for hydroxylation is 1. The third-order valence-electron chi connectivity index (χ3n) is 3.95. The molecule has 0 saturated carbocycles. The molecule has 26 heavy (non-hydrogen) atoms. The molecule has 1 amide bonds. The van der Waals surface area contributed by atoms with Crippen molar-refractivity contribution in [1.29, 1.82) is 0 Å². The van der Waals surface area contributed by atoms with Gasteiger partial charge in [-0.25, -0.2) is 8.42 Å². The maximum Gasteiger partial charge on any atom is 0.258 e. The lowest BCUT2D eigenvalue weighted by Crippen LogP contribution is -2.32. The maximum atomic E-state index is 12.2. The van der Waals surface area contributed by atoms with Gasteiger partial charge in [-0.15, -0.1) is 0 Å². The average Bonchev–Trinajstić information content (AvgIpc) is 2.60. The molecule has 0 radical (unpaired) electrons. The smallest absolute Gasteiger partial charge is 0.258 e. The topological polar surface area (TPSA) is 72.5 Å². The van der Waals surface area contributed by atoms with E-state index in [0.717, 1.165) is 17.4 Å². The standard InChI is InChI=1S/C19H22ClNO4S/c1-4-18(14-5-8-16(9-6-14)26(3,23)24)21-19(22)12-25-15-7-10-17(20)13(2)11-15/h5-11,18H,4,12H2,1-3H3,(H,21,22)/t18-/m0/s1. The van der Waals surface area contributed by atoms with Crippen LogP contribution in [0.2, 0.25) is 5.02 Å². The van der Waals surface area contributed by atoms with Crippen LogP contribution in [0.5, 0.6) is 5.75 Å². The summed E-state index contributed by atoms with van der Waals surface area (Å²) in [6.45, 7) is 3.69. The molecule has 1 N–H and O–H groups in total. The summed E-state index contributed by atoms with van der Waals surface area (Å²) in [7, 11) is -3.24. The number of hydrogen-bond acceptors (Lipinski definition) is 4. The lowest BCUT2D eigenvalue weighted by atomic mass is 10.0. The van der Waals surface area contributed by atoms with Gasteiger partial charge >= 0.3 is 0 Å². The molecule has 7 heteroatoms. The summed E-state index contributed by atoms with van der Waals surface area (Å²) in [6, 6.07) is 11.5. The van der Waals surface area contributed by atoms with Crippen LogP contribution in [0, 0.1) is 6.92 Å². The van der Waals surface area contributed by atoms with Gasteiger partial charge in [0.2, 0.25) is 0 Å². The quantitative estimate of drug-likeness (QED) is 0.775. The zero-order valence-electron chi connectivity index (χ0n) is 15.0. The summed E-state index contributed by atoms with van der Waals surface area (Å²) in [5.74, 6) is 0.323. The van der Waals surface area contributed by atoms with Crippen LogP contribution in [0.4, 0.5) is 0 Å². The number of halogens is 1. The highest BCUT2D eigenvalue weighted by Gasteiger charge is 2.15. The summed E-state index contributed by atoms with van der Waals surface area (Å²) in [5.41, 5.74) is 1.72. The molecule has 0 aliphatic carbocycles. The highest BCUT2D eigenvalue weighted by molar-refractivity contribution is 7.90. The van der Waals surface area contributed by atoms with Gasteiger partial charge in [0.25, 0.3) is 5.91 Å². The zero-order valence-corrected chi connectivity index (χ0v) is 16.5. The van der Waals surface area contributed by atoms with Gasteiger partial charge in [0.15, 0.2) is 16.4 Å². The summed E-state index contributed by atoms with van der Waals surface area (Å²) in [6.07, 6.45) is 1.83. The molecular formula is C19H22ClNO4S. The molecule has 0 aliphatic rings. The van der Waals surface area contributed by atoms with E-state index in [1.165, 1.54) is 0 Å². The molecule has 0 heterocycles. The van der Waals surface area contributed by atoms with Gasteiger partial charge in [-0.05, 0) is 54.8 Å². The molecule has 5 nitrogen and oxygen atoms in total. The van der Waals surface area contributed by atoms with Crippen LogP contribution < -0.4 is 10.1 Å². The first-order valence-corrected chi connectivity index (χ1v) is 10.5. The van der Waals surface area contributed by atoms with E-state index >= 15 is 0 Å². The van der Waals surface area contributed by atoms with Gasteiger partial charge in [0.05, 0.1) is 10.9 Å². The minimum atomic E-state index is -3.24. The lowest BCUT2D eigenvalue weighted by Gasteiger charge is -2.18. The van der Waals surface area contributed by atoms with Crippen molar-refractivity contribution in [3.63, 3.8) is 0 Å². The third kappa shape index (κ3) is 5.47. The van der Waals surface area contributed by atoms with E-state index in [-0.39, 0.29) is 23.5 Å². The van der Waals surface area contributed by atoms with E-state index in [1.807, 2.05) is 13.8 Å². The Labute approximate surface area is 159 Å². The highest BCUT2D eigenvalue weighted by atomic mass is 35.5. The van der Waals surface area contributed by atoms with Crippen molar-refractivity contribution in [1.82, 2.24) is 5.32 Å². The summed E-state index contributed by atoms with van der Waals surface area (Å²) < 4.78 is 28.6. The average molecular weight is 396 g/mol. The molecule has 0 unspecified atom stereocenters. The summed E-state index contributed by atoms with van der Waals surface area (Å²) in [4.78, 5) is 12.4. The molecule has 2 aromatic carbocycles. The van der Waals surface area contributed by atoms with Gasteiger partial charge < -0.3 is 10.1 Å². The number of nitrogens with one attached hydrogen (secondary N) is 1. The first kappa shape index (κ1) is 20.3. The van der Waals surface area contributed by atoms with Crippen molar-refractivity contribution in [2.45, 2.75) is 31.2 Å². The summed E-state index contributed by atoms with van der Waals surface area (Å²) >= 11 is 5.97. The van der Waals surface area contributed by atoms with E-state index in [4.69, 9.17) is 16.3 Å². The van der Waals surface area contributed by atoms with Crippen LogP contribution in [0.3, 0.4) is 0 Å². The van der Waals surface area contributed by atoms with Gasteiger partial charge in [-0.1, -0.05) is 30.7 Å². The van der Waals surface area contributed by atoms with Crippen LogP contribution in [0.1, 0.15) is 30.5 Å². The Balaban J connectivity index is 1.98. The maximum absolute atomic E-state index is 12.2. The summed E-state index contributed by atoms with van der Waals surface area (Å²) in [5, 5.41) is 3.54. The number of rotatable bonds is 7. The van der Waals surface area contributed by atoms with Crippen molar-refractivity contribution >= 4 is 27.3 Å². The second kappa shape index (κ2) is 8.56. The van der Waals surface area contributed by atoms with Gasteiger partial charge in [-0.2, -0.15) is 0 Å². The van der Waals surface area contributed by atoms with E-state index in [0.29, 0.717) is 17.2 Å². The molecule has 0 spiro atoms. The van der Waals surface area contributed by atoms with Crippen LogP contribution in [-0.2, 0) is 14.6 Å². The number of hydrogen-bond donors (Lipinski definition) is 1. The van der Waals surface area contributed by atoms with E-state index in [1.54, 1.807) is 42.5 Å². The normalized spacial score (nSPS) is 12.5. The Hall–Kier alpha value is -2.05. The number of carbonyl (C=O) groups excluding carboxylic acids is 1. The Kier molecular flexibility index (Phi) is 6.67. The van der Waals surface area contributed by atoms with Crippen LogP contribution in [-0.4, -0.2) is 27.2 Å². The lowest BCUT2D eigenvalue weighted by molar-refractivity contribution is -0.123. The van der Waals surface area contributed by atoms with E-state index < -0.39 is 9.84 Å². The predicted octanol–water partition coefficient (Wildman–Crippen LogP) is 3.70. The van der Waals surface area contributed by atoms with E-state index in [2.05, 4.69) is 5.32 Å². The Bertz CT molecular complexity index is 879. The molecule has 0 saturated heterocycles. The fraction of sp³-hybridized carbons (Fsp3) is 0.316. The Morgan fingerprint density at radius 3 is 2.38 bits per heavy atom. The van der Waals surface area contributed by atoms with Crippen molar-refractivity contribution in [2.75, 3.05) is 12.9 Å². The number of carbonyl (C=O) groups is 1. The number of sulfone groups is 1. The van der Waals surface area contributed by atoms with Crippen molar-refractivity contribution in [3.05, 3.63) is 58.6 Å². The molecule has 140 valence electrons. The van der Waals surface area contributed by atoms with Crippen LogP contribution in [0.25, 0.3) is 0 Å². The van der Waals surface area contributed by atoms with Crippen LogP contribution >= 0.6 is 11.6 Å². The van der Waals surface area contributed by atoms with Gasteiger partial charge in [-0.3, -0.25) is 4.79 Å². The first-order valence-electron chi connectivity index (χ1n) is 8.19. The Morgan fingerprint density at radius 2 is 1.85 bits per heavy atom. The monoisotopic (exact) mass is 395 g/mol. The zero-order chi connectivity index (χ0) is 19.3. The fourth-order valence-electron chi connectivity index (χ4n) is 2.46. The molecule has 2 aromatic rings. The van der Waals surface area contributed by atoms with Crippen molar-refractivity contribution in [3.8, 4) is 5.75 Å². The van der Waals surface area contributed by atoms with Crippen molar-refractivity contribution < 1.29 is 17.9 Å². The van der Waals surface area contributed by atoms with E-state index in [9.17, 15) is 13.2 Å².